The Hall–Kier alpha value is -1.86. The van der Waals surface area contributed by atoms with Gasteiger partial charge in [-0.1, -0.05) is 66.7 Å². The van der Waals surface area contributed by atoms with Gasteiger partial charge in [0, 0.05) is 0 Å². The molecule has 0 aliphatic carbocycles. The predicted octanol–water partition coefficient (Wildman–Crippen LogP) is 4.95. The summed E-state index contributed by atoms with van der Waals surface area (Å²) in [6, 6.07) is 19.2. The van der Waals surface area contributed by atoms with E-state index in [9.17, 15) is 0 Å². The highest BCUT2D eigenvalue weighted by Crippen LogP contribution is 2.08. The molecular weight excluding hydrogens is 256 g/mol. The van der Waals surface area contributed by atoms with E-state index < -0.39 is 0 Å². The Morgan fingerprint density at radius 1 is 0.810 bits per heavy atom. The molecule has 21 heavy (non-hydrogen) atoms. The average Bonchev–Trinajstić information content (AvgIpc) is 2.54. The quantitative estimate of drug-likeness (QED) is 0.491. The van der Waals surface area contributed by atoms with Gasteiger partial charge in [0.2, 0.25) is 0 Å². The third-order valence-electron chi connectivity index (χ3n) is 3.50. The summed E-state index contributed by atoms with van der Waals surface area (Å²) in [5, 5.41) is 0. The smallest absolute Gasteiger partial charge is 0.0717 e. The van der Waals surface area contributed by atoms with E-state index in [0.717, 1.165) is 25.9 Å². The zero-order chi connectivity index (χ0) is 14.8. The minimum Gasteiger partial charge on any atom is -0.376 e. The summed E-state index contributed by atoms with van der Waals surface area (Å²) in [5.41, 5.74) is 3.98. The molecule has 110 valence electrons. The van der Waals surface area contributed by atoms with E-state index in [1.807, 2.05) is 18.2 Å². The summed E-state index contributed by atoms with van der Waals surface area (Å²) in [4.78, 5) is 0. The van der Waals surface area contributed by atoms with Crippen molar-refractivity contribution in [2.75, 3.05) is 6.61 Å². The SMILES string of the molecule is C/C=C/CCc1ccc(CCOCc2ccccc2)cc1. The second-order valence-corrected chi connectivity index (χ2v) is 5.21. The van der Waals surface area contributed by atoms with E-state index in [1.54, 1.807) is 0 Å². The Bertz CT molecular complexity index is 526. The molecule has 0 atom stereocenters. The Balaban J connectivity index is 1.68. The van der Waals surface area contributed by atoms with E-state index in [-0.39, 0.29) is 0 Å². The molecular formula is C20H24O. The van der Waals surface area contributed by atoms with Gasteiger partial charge in [0.1, 0.15) is 0 Å². The van der Waals surface area contributed by atoms with Crippen LogP contribution < -0.4 is 0 Å². The number of benzene rings is 2. The Labute approximate surface area is 128 Å². The lowest BCUT2D eigenvalue weighted by molar-refractivity contribution is 0.124. The number of rotatable bonds is 8. The van der Waals surface area contributed by atoms with E-state index in [1.165, 1.54) is 16.7 Å². The van der Waals surface area contributed by atoms with Crippen LogP contribution in [0, 0.1) is 0 Å². The molecule has 0 fully saturated rings. The highest BCUT2D eigenvalue weighted by Gasteiger charge is 1.96. The first-order valence-corrected chi connectivity index (χ1v) is 7.69. The Morgan fingerprint density at radius 2 is 1.48 bits per heavy atom. The molecule has 0 saturated heterocycles. The summed E-state index contributed by atoms with van der Waals surface area (Å²) in [6.07, 6.45) is 7.54. The van der Waals surface area contributed by atoms with Crippen molar-refractivity contribution in [3.05, 3.63) is 83.4 Å². The minimum absolute atomic E-state index is 0.697. The number of hydrogen-bond donors (Lipinski definition) is 0. The van der Waals surface area contributed by atoms with Crippen molar-refractivity contribution >= 4 is 0 Å². The maximum Gasteiger partial charge on any atom is 0.0717 e. The summed E-state index contributed by atoms with van der Waals surface area (Å²) >= 11 is 0. The van der Waals surface area contributed by atoms with Gasteiger partial charge in [0.25, 0.3) is 0 Å². The molecule has 0 radical (unpaired) electrons. The lowest BCUT2D eigenvalue weighted by atomic mass is 10.1. The number of allylic oxidation sites excluding steroid dienone is 2. The third-order valence-corrected chi connectivity index (χ3v) is 3.50. The molecule has 2 aromatic rings. The zero-order valence-electron chi connectivity index (χ0n) is 12.8. The molecule has 0 spiro atoms. The molecule has 0 aliphatic heterocycles. The van der Waals surface area contributed by atoms with Crippen LogP contribution in [0.4, 0.5) is 0 Å². The first-order chi connectivity index (χ1) is 10.4. The van der Waals surface area contributed by atoms with Crippen LogP contribution in [0.5, 0.6) is 0 Å². The first-order valence-electron chi connectivity index (χ1n) is 7.69. The molecule has 0 amide bonds. The van der Waals surface area contributed by atoms with Gasteiger partial charge in [0.05, 0.1) is 13.2 Å². The van der Waals surface area contributed by atoms with Gasteiger partial charge >= 0.3 is 0 Å². The van der Waals surface area contributed by atoms with Crippen molar-refractivity contribution in [3.63, 3.8) is 0 Å². The van der Waals surface area contributed by atoms with E-state index in [2.05, 4.69) is 55.5 Å². The standard InChI is InChI=1S/C20H24O/c1-2-3-5-8-18-11-13-19(14-12-18)15-16-21-17-20-9-6-4-7-10-20/h2-4,6-7,9-14H,5,8,15-17H2,1H3/b3-2+. The molecule has 0 N–H and O–H groups in total. The maximum absolute atomic E-state index is 5.72. The fraction of sp³-hybridized carbons (Fsp3) is 0.300. The summed E-state index contributed by atoms with van der Waals surface area (Å²) in [7, 11) is 0. The fourth-order valence-corrected chi connectivity index (χ4v) is 2.24. The fourth-order valence-electron chi connectivity index (χ4n) is 2.24. The van der Waals surface area contributed by atoms with Crippen molar-refractivity contribution in [1.29, 1.82) is 0 Å². The van der Waals surface area contributed by atoms with Gasteiger partial charge in [-0.15, -0.1) is 0 Å². The van der Waals surface area contributed by atoms with Crippen molar-refractivity contribution in [1.82, 2.24) is 0 Å². The molecule has 0 aromatic heterocycles. The zero-order valence-corrected chi connectivity index (χ0v) is 12.8. The van der Waals surface area contributed by atoms with Crippen molar-refractivity contribution in [3.8, 4) is 0 Å². The maximum atomic E-state index is 5.72. The van der Waals surface area contributed by atoms with Crippen LogP contribution in [-0.4, -0.2) is 6.61 Å². The van der Waals surface area contributed by atoms with Crippen LogP contribution in [0.1, 0.15) is 30.0 Å². The van der Waals surface area contributed by atoms with Gasteiger partial charge in [-0.05, 0) is 42.9 Å². The lowest BCUT2D eigenvalue weighted by Crippen LogP contribution is -1.99. The van der Waals surface area contributed by atoms with Crippen molar-refractivity contribution in [2.45, 2.75) is 32.8 Å². The van der Waals surface area contributed by atoms with Crippen LogP contribution >= 0.6 is 0 Å². The van der Waals surface area contributed by atoms with Crippen LogP contribution in [0.25, 0.3) is 0 Å². The summed E-state index contributed by atoms with van der Waals surface area (Å²) < 4.78 is 5.72. The molecule has 0 heterocycles. The molecule has 2 rings (SSSR count). The minimum atomic E-state index is 0.697. The van der Waals surface area contributed by atoms with Crippen LogP contribution in [0.15, 0.2) is 66.7 Å². The van der Waals surface area contributed by atoms with Crippen LogP contribution in [0.2, 0.25) is 0 Å². The molecule has 1 nitrogen and oxygen atoms in total. The van der Waals surface area contributed by atoms with Crippen molar-refractivity contribution in [2.24, 2.45) is 0 Å². The normalized spacial score (nSPS) is 11.1. The van der Waals surface area contributed by atoms with E-state index in [0.29, 0.717) is 6.61 Å². The van der Waals surface area contributed by atoms with Crippen molar-refractivity contribution < 1.29 is 4.74 Å². The van der Waals surface area contributed by atoms with Gasteiger partial charge in [0.15, 0.2) is 0 Å². The van der Waals surface area contributed by atoms with Crippen LogP contribution in [-0.2, 0) is 24.2 Å². The molecule has 0 saturated carbocycles. The predicted molar refractivity (Wildman–Crippen MR) is 89.4 cm³/mol. The molecule has 0 unspecified atom stereocenters. The van der Waals surface area contributed by atoms with E-state index >= 15 is 0 Å². The summed E-state index contributed by atoms with van der Waals surface area (Å²) in [5.74, 6) is 0. The second kappa shape index (κ2) is 9.15. The highest BCUT2D eigenvalue weighted by atomic mass is 16.5. The number of aryl methyl sites for hydroxylation is 1. The van der Waals surface area contributed by atoms with Gasteiger partial charge < -0.3 is 4.74 Å². The van der Waals surface area contributed by atoms with Gasteiger partial charge in [-0.25, -0.2) is 0 Å². The summed E-state index contributed by atoms with van der Waals surface area (Å²) in [6.45, 7) is 3.54. The Morgan fingerprint density at radius 3 is 2.14 bits per heavy atom. The van der Waals surface area contributed by atoms with Gasteiger partial charge in [-0.3, -0.25) is 0 Å². The third kappa shape index (κ3) is 5.97. The largest absolute Gasteiger partial charge is 0.376 e. The first kappa shape index (κ1) is 15.5. The molecule has 1 heteroatoms. The monoisotopic (exact) mass is 280 g/mol. The lowest BCUT2D eigenvalue weighted by Gasteiger charge is -2.06. The number of hydrogen-bond acceptors (Lipinski definition) is 1. The molecule has 2 aromatic carbocycles. The van der Waals surface area contributed by atoms with Gasteiger partial charge in [-0.2, -0.15) is 0 Å². The molecule has 0 aliphatic rings. The average molecular weight is 280 g/mol. The van der Waals surface area contributed by atoms with E-state index in [4.69, 9.17) is 4.74 Å². The second-order valence-electron chi connectivity index (χ2n) is 5.21. The topological polar surface area (TPSA) is 9.23 Å². The van der Waals surface area contributed by atoms with Crippen LogP contribution in [0.3, 0.4) is 0 Å². The molecule has 0 bridgehead atoms. The highest BCUT2D eigenvalue weighted by molar-refractivity contribution is 5.23. The Kier molecular flexibility index (Phi) is 6.76. The number of ether oxygens (including phenoxy) is 1.